The van der Waals surface area contributed by atoms with Crippen LogP contribution in [0.2, 0.25) is 0 Å². The van der Waals surface area contributed by atoms with E-state index in [0.717, 1.165) is 0 Å². The molecule has 0 atom stereocenters. The van der Waals surface area contributed by atoms with Gasteiger partial charge in [0.25, 0.3) is 0 Å². The number of nitrogens with two attached hydrogens (primary N) is 1. The molecule has 0 aromatic rings. The quantitative estimate of drug-likeness (QED) is 0.434. The second kappa shape index (κ2) is 2.90. The van der Waals surface area contributed by atoms with Gasteiger partial charge in [-0.2, -0.15) is 0 Å². The first-order chi connectivity index (χ1) is 4.37. The van der Waals surface area contributed by atoms with Crippen LogP contribution in [-0.2, 0) is 4.84 Å². The molecule has 2 radical (unpaired) electrons. The van der Waals surface area contributed by atoms with E-state index < -0.39 is 5.60 Å². The molecule has 10 heavy (non-hydrogen) atoms. The minimum absolute atomic E-state index is 0.332. The average molecular weight is 142 g/mol. The Labute approximate surface area is 63.7 Å². The average Bonchev–Trinajstić information content (AvgIpc) is 1.88. The molecule has 0 unspecified atom stereocenters. The van der Waals surface area contributed by atoms with Gasteiger partial charge >= 0.3 is 0 Å². The lowest BCUT2D eigenvalue weighted by Crippen LogP contribution is -2.57. The molecule has 0 aliphatic carbocycles. The first-order valence-corrected chi connectivity index (χ1v) is 3.23. The zero-order valence-corrected chi connectivity index (χ0v) is 7.06. The van der Waals surface area contributed by atoms with Gasteiger partial charge in [-0.05, 0) is 27.7 Å². The molecular weight excluding hydrogens is 127 g/mol. The van der Waals surface area contributed by atoms with E-state index in [1.807, 2.05) is 27.7 Å². The van der Waals surface area contributed by atoms with E-state index in [-0.39, 0.29) is 5.54 Å². The van der Waals surface area contributed by atoms with E-state index >= 15 is 0 Å². The van der Waals surface area contributed by atoms with Gasteiger partial charge in [0.1, 0.15) is 5.60 Å². The normalized spacial score (nSPS) is 13.7. The highest BCUT2D eigenvalue weighted by molar-refractivity contribution is 6.04. The number of rotatable bonds is 3. The minimum atomic E-state index is -0.470. The summed E-state index contributed by atoms with van der Waals surface area (Å²) in [5, 5.41) is 2.63. The van der Waals surface area contributed by atoms with Gasteiger partial charge in [0.15, 0.2) is 7.98 Å². The predicted octanol–water partition coefficient (Wildman–Crippen LogP) is 0.107. The van der Waals surface area contributed by atoms with Crippen LogP contribution in [0.25, 0.3) is 0 Å². The second-order valence-corrected chi connectivity index (χ2v) is 3.40. The van der Waals surface area contributed by atoms with Crippen LogP contribution in [-0.4, -0.2) is 19.1 Å². The van der Waals surface area contributed by atoms with Crippen LogP contribution in [0.4, 0.5) is 0 Å². The number of nitrogens with one attached hydrogen (secondary N) is 1. The van der Waals surface area contributed by atoms with Gasteiger partial charge in [0.2, 0.25) is 0 Å². The Morgan fingerprint density at radius 1 is 1.30 bits per heavy atom. The molecule has 0 heterocycles. The first-order valence-electron chi connectivity index (χ1n) is 3.23. The van der Waals surface area contributed by atoms with E-state index in [1.165, 1.54) is 0 Å². The van der Waals surface area contributed by atoms with E-state index in [9.17, 15) is 0 Å². The fourth-order valence-corrected chi connectivity index (χ4v) is 0.321. The van der Waals surface area contributed by atoms with Crippen molar-refractivity contribution in [2.24, 2.45) is 5.90 Å². The monoisotopic (exact) mass is 142 g/mol. The van der Waals surface area contributed by atoms with Crippen LogP contribution < -0.4 is 11.1 Å². The first kappa shape index (κ1) is 9.94. The zero-order chi connectivity index (χ0) is 8.41. The van der Waals surface area contributed by atoms with E-state index in [4.69, 9.17) is 18.7 Å². The third-order valence-electron chi connectivity index (χ3n) is 2.16. The van der Waals surface area contributed by atoms with Gasteiger partial charge in [-0.15, -0.1) is 0 Å². The molecule has 0 bridgehead atoms. The molecular formula is C6H15BN2O. The fourth-order valence-electron chi connectivity index (χ4n) is 0.321. The van der Waals surface area contributed by atoms with E-state index in [2.05, 4.69) is 5.23 Å². The van der Waals surface area contributed by atoms with E-state index in [1.54, 1.807) is 0 Å². The minimum Gasteiger partial charge on any atom is -0.359 e. The summed E-state index contributed by atoms with van der Waals surface area (Å²) in [6.07, 6.45) is 0. The van der Waals surface area contributed by atoms with Crippen LogP contribution >= 0.6 is 0 Å². The predicted molar refractivity (Wildman–Crippen MR) is 42.3 cm³/mol. The maximum atomic E-state index is 5.28. The van der Waals surface area contributed by atoms with Gasteiger partial charge in [0, 0.05) is 5.54 Å². The summed E-state index contributed by atoms with van der Waals surface area (Å²) >= 11 is 0. The van der Waals surface area contributed by atoms with Crippen molar-refractivity contribution in [3.05, 3.63) is 0 Å². The Hall–Kier alpha value is -0.0551. The largest absolute Gasteiger partial charge is 0.359 e. The lowest BCUT2D eigenvalue weighted by molar-refractivity contribution is -0.0695. The summed E-state index contributed by atoms with van der Waals surface area (Å²) in [5.41, 5.74) is -0.802. The SMILES string of the molecule is [B]NC(C)(C)C(C)(C)ON. The van der Waals surface area contributed by atoms with Crippen molar-refractivity contribution in [2.45, 2.75) is 38.8 Å². The Bertz CT molecular complexity index is 100. The van der Waals surface area contributed by atoms with E-state index in [0.29, 0.717) is 0 Å². The lowest BCUT2D eigenvalue weighted by Gasteiger charge is -2.39. The smallest absolute Gasteiger partial charge is 0.178 e. The van der Waals surface area contributed by atoms with Crippen LogP contribution in [0.3, 0.4) is 0 Å². The highest BCUT2D eigenvalue weighted by Gasteiger charge is 2.35. The molecule has 0 aromatic carbocycles. The van der Waals surface area contributed by atoms with Crippen molar-refractivity contribution in [3.63, 3.8) is 0 Å². The molecule has 0 rings (SSSR count). The molecule has 4 heteroatoms. The molecule has 0 fully saturated rings. The van der Waals surface area contributed by atoms with Gasteiger partial charge in [-0.25, -0.2) is 5.90 Å². The highest BCUT2D eigenvalue weighted by atomic mass is 16.6. The summed E-state index contributed by atoms with van der Waals surface area (Å²) in [6.45, 7) is 7.57. The third kappa shape index (κ3) is 1.72. The molecule has 0 amide bonds. The number of hydrogen-bond acceptors (Lipinski definition) is 3. The number of hydrogen-bond donors (Lipinski definition) is 2. The summed E-state index contributed by atoms with van der Waals surface area (Å²) in [5.74, 6) is 5.07. The molecule has 0 saturated carbocycles. The van der Waals surface area contributed by atoms with Crippen molar-refractivity contribution < 1.29 is 4.84 Å². The second-order valence-electron chi connectivity index (χ2n) is 3.40. The van der Waals surface area contributed by atoms with Crippen molar-refractivity contribution in [2.75, 3.05) is 0 Å². The Morgan fingerprint density at radius 3 is 1.80 bits per heavy atom. The topological polar surface area (TPSA) is 47.3 Å². The summed E-state index contributed by atoms with van der Waals surface area (Å²) in [4.78, 5) is 4.75. The summed E-state index contributed by atoms with van der Waals surface area (Å²) in [6, 6.07) is 0. The standard InChI is InChI=1S/C6H15BN2O/c1-5(2,9-7)6(3,4)10-8/h9H,8H2,1-4H3. The molecule has 3 nitrogen and oxygen atoms in total. The van der Waals surface area contributed by atoms with Gasteiger partial charge in [-0.3, -0.25) is 4.84 Å². The zero-order valence-electron chi connectivity index (χ0n) is 7.06. The highest BCUT2D eigenvalue weighted by Crippen LogP contribution is 2.22. The molecule has 0 aliphatic rings. The van der Waals surface area contributed by atoms with Crippen LogP contribution in [0.5, 0.6) is 0 Å². The lowest BCUT2D eigenvalue weighted by atomic mass is 9.84. The van der Waals surface area contributed by atoms with Crippen LogP contribution in [0.1, 0.15) is 27.7 Å². The molecule has 0 aromatic heterocycles. The van der Waals surface area contributed by atoms with Crippen molar-refractivity contribution in [1.29, 1.82) is 0 Å². The van der Waals surface area contributed by atoms with Crippen molar-refractivity contribution in [3.8, 4) is 0 Å². The Morgan fingerprint density at radius 2 is 1.70 bits per heavy atom. The molecule has 0 spiro atoms. The Kier molecular flexibility index (Phi) is 2.89. The molecule has 0 saturated heterocycles. The summed E-state index contributed by atoms with van der Waals surface area (Å²) < 4.78 is 0. The Balaban J connectivity index is 4.28. The van der Waals surface area contributed by atoms with Crippen LogP contribution in [0, 0.1) is 0 Å². The molecule has 0 aliphatic heterocycles. The van der Waals surface area contributed by atoms with Crippen LogP contribution in [0.15, 0.2) is 0 Å². The maximum Gasteiger partial charge on any atom is 0.178 e. The van der Waals surface area contributed by atoms with Crippen molar-refractivity contribution >= 4 is 7.98 Å². The molecule has 3 N–H and O–H groups in total. The van der Waals surface area contributed by atoms with Gasteiger partial charge < -0.3 is 5.23 Å². The maximum absolute atomic E-state index is 5.28. The van der Waals surface area contributed by atoms with Crippen molar-refractivity contribution in [1.82, 2.24) is 5.23 Å². The van der Waals surface area contributed by atoms with Gasteiger partial charge in [-0.1, -0.05) is 0 Å². The summed E-state index contributed by atoms with van der Waals surface area (Å²) in [7, 11) is 5.28. The van der Waals surface area contributed by atoms with Gasteiger partial charge in [0.05, 0.1) is 0 Å². The molecule has 58 valence electrons. The fraction of sp³-hybridized carbons (Fsp3) is 1.00. The third-order valence-corrected chi connectivity index (χ3v) is 2.16.